The molecule has 0 atom stereocenters. The van der Waals surface area contributed by atoms with E-state index in [4.69, 9.17) is 4.74 Å². The van der Waals surface area contributed by atoms with E-state index < -0.39 is 0 Å². The molecule has 0 saturated carbocycles. The molecular weight excluding hydrogens is 150 g/mol. The van der Waals surface area contributed by atoms with Crippen molar-refractivity contribution in [2.45, 2.75) is 39.5 Å². The van der Waals surface area contributed by atoms with Crippen molar-refractivity contribution >= 4 is 6.21 Å². The van der Waals surface area contributed by atoms with Crippen LogP contribution in [0.1, 0.15) is 39.5 Å². The maximum atomic E-state index is 5.15. The molecule has 72 valence electrons. The van der Waals surface area contributed by atoms with Crippen LogP contribution in [0.4, 0.5) is 0 Å². The molecule has 0 amide bonds. The second-order valence-corrected chi connectivity index (χ2v) is 2.78. The number of aliphatic imine (C=N–C) groups is 1. The molecule has 0 bridgehead atoms. The predicted octanol–water partition coefficient (Wildman–Crippen LogP) is 2.67. The van der Waals surface area contributed by atoms with Crippen LogP contribution in [-0.4, -0.2) is 26.0 Å². The molecule has 2 heteroatoms. The second-order valence-electron chi connectivity index (χ2n) is 2.78. The van der Waals surface area contributed by atoms with Crippen LogP contribution < -0.4 is 0 Å². The van der Waals surface area contributed by atoms with Crippen LogP contribution >= 0.6 is 0 Å². The molecule has 0 rings (SSSR count). The van der Waals surface area contributed by atoms with E-state index in [0.29, 0.717) is 0 Å². The molecule has 0 heterocycles. The molecule has 0 saturated heterocycles. The minimum Gasteiger partial charge on any atom is -0.380 e. The molecule has 0 spiro atoms. The number of nitrogens with zero attached hydrogens (tertiary/aromatic N) is 1. The maximum Gasteiger partial charge on any atom is 0.0661 e. The van der Waals surface area contributed by atoms with Gasteiger partial charge in [0, 0.05) is 6.61 Å². The highest BCUT2D eigenvalue weighted by molar-refractivity contribution is 5.56. The van der Waals surface area contributed by atoms with Crippen LogP contribution in [0, 0.1) is 0 Å². The monoisotopic (exact) mass is 171 g/mol. The van der Waals surface area contributed by atoms with E-state index in [-0.39, 0.29) is 0 Å². The molecule has 2 nitrogen and oxygen atoms in total. The zero-order valence-electron chi connectivity index (χ0n) is 8.38. The molecular formula is C10H21NO. The van der Waals surface area contributed by atoms with Crippen molar-refractivity contribution in [2.75, 3.05) is 19.8 Å². The summed E-state index contributed by atoms with van der Waals surface area (Å²) in [7, 11) is 0. The van der Waals surface area contributed by atoms with Crippen LogP contribution in [0.25, 0.3) is 0 Å². The van der Waals surface area contributed by atoms with Gasteiger partial charge in [-0.1, -0.05) is 19.8 Å². The van der Waals surface area contributed by atoms with Gasteiger partial charge in [-0.15, -0.1) is 0 Å². The van der Waals surface area contributed by atoms with Crippen molar-refractivity contribution in [1.29, 1.82) is 0 Å². The first kappa shape index (κ1) is 11.6. The van der Waals surface area contributed by atoms with Gasteiger partial charge in [-0.3, -0.25) is 4.99 Å². The van der Waals surface area contributed by atoms with Gasteiger partial charge in [0.1, 0.15) is 0 Å². The van der Waals surface area contributed by atoms with Gasteiger partial charge in [0.15, 0.2) is 0 Å². The first-order valence-corrected chi connectivity index (χ1v) is 4.97. The van der Waals surface area contributed by atoms with Crippen molar-refractivity contribution in [3.05, 3.63) is 0 Å². The molecule has 0 N–H and O–H groups in total. The number of unbranched alkanes of at least 4 members (excludes halogenated alkanes) is 3. The van der Waals surface area contributed by atoms with Crippen molar-refractivity contribution < 1.29 is 4.74 Å². The molecule has 0 aliphatic heterocycles. The standard InChI is InChI=1S/C10H21NO/c1-3-5-6-7-8-11-9-10-12-4-2/h8H,3-7,9-10H2,1-2H3. The Hall–Kier alpha value is -0.370. The fourth-order valence-corrected chi connectivity index (χ4v) is 0.930. The van der Waals surface area contributed by atoms with E-state index in [1.54, 1.807) is 0 Å². The Balaban J connectivity index is 2.93. The summed E-state index contributed by atoms with van der Waals surface area (Å²) in [5.74, 6) is 0. The van der Waals surface area contributed by atoms with Gasteiger partial charge in [0.2, 0.25) is 0 Å². The SMILES string of the molecule is CCCCCC=NCCOCC. The minimum atomic E-state index is 0.765. The van der Waals surface area contributed by atoms with Crippen molar-refractivity contribution in [2.24, 2.45) is 4.99 Å². The summed E-state index contributed by atoms with van der Waals surface area (Å²) in [6, 6.07) is 0. The lowest BCUT2D eigenvalue weighted by Gasteiger charge is -1.95. The normalized spacial score (nSPS) is 11.2. The summed E-state index contributed by atoms with van der Waals surface area (Å²) in [4.78, 5) is 4.23. The molecule has 0 aliphatic carbocycles. The van der Waals surface area contributed by atoms with Crippen LogP contribution in [0.15, 0.2) is 4.99 Å². The van der Waals surface area contributed by atoms with E-state index in [2.05, 4.69) is 11.9 Å². The average molecular weight is 171 g/mol. The van der Waals surface area contributed by atoms with E-state index in [0.717, 1.165) is 26.2 Å². The summed E-state index contributed by atoms with van der Waals surface area (Å²) in [5, 5.41) is 0. The van der Waals surface area contributed by atoms with Gasteiger partial charge < -0.3 is 4.74 Å². The van der Waals surface area contributed by atoms with Gasteiger partial charge in [-0.2, -0.15) is 0 Å². The Morgan fingerprint density at radius 3 is 2.75 bits per heavy atom. The molecule has 0 aromatic rings. The fourth-order valence-electron chi connectivity index (χ4n) is 0.930. The van der Waals surface area contributed by atoms with Gasteiger partial charge in [0.05, 0.1) is 13.2 Å². The quantitative estimate of drug-likeness (QED) is 0.406. The van der Waals surface area contributed by atoms with Gasteiger partial charge in [-0.05, 0) is 26.0 Å². The lowest BCUT2D eigenvalue weighted by Crippen LogP contribution is -1.96. The van der Waals surface area contributed by atoms with Crippen LogP contribution in [-0.2, 0) is 4.74 Å². The maximum absolute atomic E-state index is 5.15. The average Bonchev–Trinajstić information content (AvgIpc) is 2.10. The Labute approximate surface area is 76.0 Å². The second kappa shape index (κ2) is 10.6. The third-order valence-corrected chi connectivity index (χ3v) is 1.63. The summed E-state index contributed by atoms with van der Waals surface area (Å²) in [6.45, 7) is 6.60. The third-order valence-electron chi connectivity index (χ3n) is 1.63. The summed E-state index contributed by atoms with van der Waals surface area (Å²) < 4.78 is 5.15. The first-order chi connectivity index (χ1) is 5.91. The van der Waals surface area contributed by atoms with E-state index in [1.165, 1.54) is 19.3 Å². The highest BCUT2D eigenvalue weighted by Gasteiger charge is 1.83. The van der Waals surface area contributed by atoms with E-state index in [9.17, 15) is 0 Å². The largest absolute Gasteiger partial charge is 0.380 e. The molecule has 0 fully saturated rings. The zero-order valence-corrected chi connectivity index (χ0v) is 8.38. The van der Waals surface area contributed by atoms with Gasteiger partial charge in [0.25, 0.3) is 0 Å². The van der Waals surface area contributed by atoms with Crippen molar-refractivity contribution in [3.63, 3.8) is 0 Å². The number of hydrogen-bond acceptors (Lipinski definition) is 2. The molecule has 0 radical (unpaired) electrons. The van der Waals surface area contributed by atoms with Crippen LogP contribution in [0.3, 0.4) is 0 Å². The summed E-state index contributed by atoms with van der Waals surface area (Å²) in [6.07, 6.45) is 7.02. The Bertz CT molecular complexity index is 90.0. The zero-order chi connectivity index (χ0) is 9.07. The van der Waals surface area contributed by atoms with Crippen LogP contribution in [0.2, 0.25) is 0 Å². The van der Waals surface area contributed by atoms with E-state index in [1.807, 2.05) is 13.1 Å². The minimum absolute atomic E-state index is 0.765. The van der Waals surface area contributed by atoms with Gasteiger partial charge in [-0.25, -0.2) is 0 Å². The molecule has 0 unspecified atom stereocenters. The topological polar surface area (TPSA) is 21.6 Å². The lowest BCUT2D eigenvalue weighted by molar-refractivity contribution is 0.156. The fraction of sp³-hybridized carbons (Fsp3) is 0.900. The smallest absolute Gasteiger partial charge is 0.0661 e. The first-order valence-electron chi connectivity index (χ1n) is 4.97. The Morgan fingerprint density at radius 1 is 1.25 bits per heavy atom. The highest BCUT2D eigenvalue weighted by Crippen LogP contribution is 1.95. The van der Waals surface area contributed by atoms with Crippen molar-refractivity contribution in [3.8, 4) is 0 Å². The molecule has 12 heavy (non-hydrogen) atoms. The predicted molar refractivity (Wildman–Crippen MR) is 54.0 cm³/mol. The summed E-state index contributed by atoms with van der Waals surface area (Å²) >= 11 is 0. The molecule has 0 aromatic carbocycles. The summed E-state index contributed by atoms with van der Waals surface area (Å²) in [5.41, 5.74) is 0. The number of rotatable bonds is 8. The third kappa shape index (κ3) is 9.63. The molecule has 0 aliphatic rings. The lowest BCUT2D eigenvalue weighted by atomic mass is 10.2. The van der Waals surface area contributed by atoms with Crippen LogP contribution in [0.5, 0.6) is 0 Å². The van der Waals surface area contributed by atoms with Crippen molar-refractivity contribution in [1.82, 2.24) is 0 Å². The molecule has 0 aromatic heterocycles. The Morgan fingerprint density at radius 2 is 2.08 bits per heavy atom. The van der Waals surface area contributed by atoms with E-state index >= 15 is 0 Å². The Kier molecular flexibility index (Phi) is 10.3. The number of hydrogen-bond donors (Lipinski definition) is 0. The number of ether oxygens (including phenoxy) is 1. The highest BCUT2D eigenvalue weighted by atomic mass is 16.5. The van der Waals surface area contributed by atoms with Gasteiger partial charge >= 0.3 is 0 Å².